The minimum atomic E-state index is -2.83. The van der Waals surface area contributed by atoms with Gasteiger partial charge in [0.25, 0.3) is 0 Å². The number of nitro groups is 2. The van der Waals surface area contributed by atoms with Gasteiger partial charge < -0.3 is 0 Å². The monoisotopic (exact) mass is 276 g/mol. The van der Waals surface area contributed by atoms with Crippen molar-refractivity contribution in [3.63, 3.8) is 0 Å². The van der Waals surface area contributed by atoms with Gasteiger partial charge in [0.2, 0.25) is 0 Å². The van der Waals surface area contributed by atoms with Crippen molar-refractivity contribution in [1.82, 2.24) is 20.0 Å². The number of H-pyrrole nitrogens is 1. The minimum absolute atomic E-state index is 0.00926. The number of hydrogen-bond acceptors (Lipinski definition) is 6. The Labute approximate surface area is 103 Å². The largest absolute Gasteiger partial charge is 0.333 e. The van der Waals surface area contributed by atoms with Crippen LogP contribution in [0.5, 0.6) is 0 Å². The Balaban J connectivity index is 0.000000200. The topological polar surface area (TPSA) is 133 Å². The van der Waals surface area contributed by atoms with Gasteiger partial charge in [-0.3, -0.25) is 25.3 Å². The van der Waals surface area contributed by atoms with Gasteiger partial charge in [0.15, 0.2) is 0 Å². The second-order valence-corrected chi connectivity index (χ2v) is 2.93. The number of halogens is 2. The first kappa shape index (κ1) is 14.1. The molecule has 12 heteroatoms. The molecule has 0 fully saturated rings. The summed E-state index contributed by atoms with van der Waals surface area (Å²) in [6.45, 7) is -2.83. The third-order valence-electron chi connectivity index (χ3n) is 1.69. The van der Waals surface area contributed by atoms with E-state index in [-0.39, 0.29) is 10.4 Å². The molecule has 0 aliphatic carbocycles. The molecule has 0 aromatic carbocycles. The predicted molar refractivity (Wildman–Crippen MR) is 55.4 cm³/mol. The van der Waals surface area contributed by atoms with Gasteiger partial charge in [0.1, 0.15) is 18.6 Å². The zero-order valence-electron chi connectivity index (χ0n) is 9.01. The molecular formula is C7H6F2N6O4. The molecule has 1 N–H and O–H groups in total. The third-order valence-corrected chi connectivity index (χ3v) is 1.69. The van der Waals surface area contributed by atoms with Crippen molar-refractivity contribution in [3.05, 3.63) is 45.0 Å². The van der Waals surface area contributed by atoms with Gasteiger partial charge in [-0.15, -0.1) is 0 Å². The molecule has 0 saturated carbocycles. The maximum Gasteiger partial charge on any atom is 0.333 e. The summed E-state index contributed by atoms with van der Waals surface area (Å²) in [6.07, 6.45) is 3.82. The zero-order chi connectivity index (χ0) is 14.4. The van der Waals surface area contributed by atoms with E-state index in [9.17, 15) is 29.0 Å². The third kappa shape index (κ3) is 4.10. The van der Waals surface area contributed by atoms with Crippen LogP contribution >= 0.6 is 0 Å². The summed E-state index contributed by atoms with van der Waals surface area (Å²) in [5, 5.41) is 28.5. The molecule has 102 valence electrons. The Morgan fingerprint density at radius 3 is 2.11 bits per heavy atom. The van der Waals surface area contributed by atoms with E-state index in [0.29, 0.717) is 6.20 Å². The molecule has 0 saturated heterocycles. The molecular weight excluding hydrogens is 270 g/mol. The fourth-order valence-electron chi connectivity index (χ4n) is 0.873. The van der Waals surface area contributed by atoms with E-state index in [0.717, 1.165) is 12.4 Å². The molecule has 0 atom stereocenters. The van der Waals surface area contributed by atoms with Gasteiger partial charge in [-0.1, -0.05) is 0 Å². The number of rotatable bonds is 3. The Kier molecular flexibility index (Phi) is 4.56. The van der Waals surface area contributed by atoms with Crippen molar-refractivity contribution >= 4 is 11.4 Å². The van der Waals surface area contributed by atoms with E-state index in [1.54, 1.807) is 0 Å². The van der Waals surface area contributed by atoms with E-state index in [4.69, 9.17) is 0 Å². The second kappa shape index (κ2) is 6.13. The fraction of sp³-hybridized carbons (Fsp3) is 0.143. The van der Waals surface area contributed by atoms with E-state index < -0.39 is 22.1 Å². The minimum Gasteiger partial charge on any atom is -0.279 e. The summed E-state index contributed by atoms with van der Waals surface area (Å²) in [6, 6.07) is 0. The van der Waals surface area contributed by atoms with Crippen LogP contribution in [0.25, 0.3) is 0 Å². The highest BCUT2D eigenvalue weighted by molar-refractivity contribution is 5.20. The normalized spacial score (nSPS) is 9.84. The first-order valence-electron chi connectivity index (χ1n) is 4.51. The van der Waals surface area contributed by atoms with Gasteiger partial charge in [0.05, 0.1) is 16.0 Å². The molecule has 0 aliphatic heterocycles. The van der Waals surface area contributed by atoms with Crippen LogP contribution in [0, 0.1) is 20.2 Å². The maximum atomic E-state index is 11.7. The van der Waals surface area contributed by atoms with Crippen molar-refractivity contribution < 1.29 is 18.6 Å². The van der Waals surface area contributed by atoms with Crippen molar-refractivity contribution in [2.75, 3.05) is 0 Å². The Bertz CT molecular complexity index is 554. The van der Waals surface area contributed by atoms with Gasteiger partial charge in [0, 0.05) is 0 Å². The number of nitrogens with zero attached hydrogens (tertiary/aromatic N) is 5. The van der Waals surface area contributed by atoms with Crippen LogP contribution in [0.4, 0.5) is 20.2 Å². The summed E-state index contributed by atoms with van der Waals surface area (Å²) in [4.78, 5) is 18.5. The van der Waals surface area contributed by atoms with Crippen LogP contribution in [0.1, 0.15) is 6.55 Å². The van der Waals surface area contributed by atoms with Crippen LogP contribution < -0.4 is 0 Å². The van der Waals surface area contributed by atoms with Gasteiger partial charge in [-0.05, 0) is 0 Å². The van der Waals surface area contributed by atoms with Crippen LogP contribution in [0.3, 0.4) is 0 Å². The van der Waals surface area contributed by atoms with Crippen LogP contribution in [0.2, 0.25) is 0 Å². The van der Waals surface area contributed by atoms with Crippen molar-refractivity contribution in [1.29, 1.82) is 0 Å². The quantitative estimate of drug-likeness (QED) is 0.667. The number of aromatic nitrogens is 4. The highest BCUT2D eigenvalue weighted by Gasteiger charge is 2.13. The summed E-state index contributed by atoms with van der Waals surface area (Å²) >= 11 is 0. The highest BCUT2D eigenvalue weighted by atomic mass is 19.3. The number of hydrogen-bond donors (Lipinski definition) is 1. The lowest BCUT2D eigenvalue weighted by atomic mass is 10.6. The van der Waals surface area contributed by atoms with Crippen molar-refractivity contribution in [2.24, 2.45) is 0 Å². The average Bonchev–Trinajstić information content (AvgIpc) is 3.02. The Morgan fingerprint density at radius 1 is 1.21 bits per heavy atom. The molecule has 0 spiro atoms. The fourth-order valence-corrected chi connectivity index (χ4v) is 0.873. The Morgan fingerprint density at radius 2 is 1.84 bits per heavy atom. The standard InChI is InChI=1S/C4H3F2N3O2.C3H3N3O2/c5-4(6)8-2-3(1-7-8)9(10)11;7-6(8)3-1-4-5-2-3/h1-2,4H;1-2H,(H,4,5). The number of nitrogens with one attached hydrogen (secondary N) is 1. The number of alkyl halides is 2. The summed E-state index contributed by atoms with van der Waals surface area (Å²) in [5.41, 5.74) is -0.449. The zero-order valence-corrected chi connectivity index (χ0v) is 9.01. The summed E-state index contributed by atoms with van der Waals surface area (Å²) < 4.78 is 23.7. The molecule has 2 heterocycles. The molecule has 19 heavy (non-hydrogen) atoms. The van der Waals surface area contributed by atoms with E-state index in [2.05, 4.69) is 15.3 Å². The first-order chi connectivity index (χ1) is 8.91. The highest BCUT2D eigenvalue weighted by Crippen LogP contribution is 2.13. The molecule has 0 aliphatic rings. The van der Waals surface area contributed by atoms with Crippen molar-refractivity contribution in [3.8, 4) is 0 Å². The summed E-state index contributed by atoms with van der Waals surface area (Å²) in [5.74, 6) is 0. The van der Waals surface area contributed by atoms with E-state index >= 15 is 0 Å². The lowest BCUT2D eigenvalue weighted by molar-refractivity contribution is -0.385. The van der Waals surface area contributed by atoms with Gasteiger partial charge in [-0.25, -0.2) is 4.68 Å². The molecule has 0 amide bonds. The second-order valence-electron chi connectivity index (χ2n) is 2.93. The molecule has 0 unspecified atom stereocenters. The van der Waals surface area contributed by atoms with E-state index in [1.807, 2.05) is 0 Å². The maximum absolute atomic E-state index is 11.7. The predicted octanol–water partition coefficient (Wildman–Crippen LogP) is 1.50. The number of aromatic amines is 1. The van der Waals surface area contributed by atoms with Gasteiger partial charge >= 0.3 is 17.9 Å². The molecule has 0 bridgehead atoms. The van der Waals surface area contributed by atoms with Gasteiger partial charge in [-0.2, -0.15) is 19.0 Å². The van der Waals surface area contributed by atoms with Crippen LogP contribution in [-0.2, 0) is 0 Å². The van der Waals surface area contributed by atoms with E-state index in [1.165, 1.54) is 6.20 Å². The van der Waals surface area contributed by atoms with Crippen LogP contribution in [0.15, 0.2) is 24.8 Å². The summed E-state index contributed by atoms with van der Waals surface area (Å²) in [7, 11) is 0. The molecule has 2 aromatic rings. The lowest BCUT2D eigenvalue weighted by Crippen LogP contribution is -1.97. The van der Waals surface area contributed by atoms with Crippen molar-refractivity contribution in [2.45, 2.75) is 6.55 Å². The molecule has 10 nitrogen and oxygen atoms in total. The smallest absolute Gasteiger partial charge is 0.279 e. The van der Waals surface area contributed by atoms with Crippen LogP contribution in [-0.4, -0.2) is 29.8 Å². The first-order valence-corrected chi connectivity index (χ1v) is 4.51. The lowest BCUT2D eigenvalue weighted by Gasteiger charge is -1.93. The SMILES string of the molecule is O=[N+]([O-])c1cn[nH]c1.O=[N+]([O-])c1cnn(C(F)F)c1. The average molecular weight is 276 g/mol. The Hall–Kier alpha value is -2.92. The molecule has 2 rings (SSSR count). The molecule has 0 radical (unpaired) electrons. The molecule has 2 aromatic heterocycles.